The third kappa shape index (κ3) is 2.34. The highest BCUT2D eigenvalue weighted by molar-refractivity contribution is 5.34. The van der Waals surface area contributed by atoms with Gasteiger partial charge in [-0.2, -0.15) is 0 Å². The Kier molecular flexibility index (Phi) is 3.19. The van der Waals surface area contributed by atoms with E-state index in [2.05, 4.69) is 10.3 Å². The molecular formula is C12H15FN4. The van der Waals surface area contributed by atoms with Crippen molar-refractivity contribution in [3.05, 3.63) is 41.5 Å². The summed E-state index contributed by atoms with van der Waals surface area (Å²) in [6.07, 6.45) is 2.53. The lowest BCUT2D eigenvalue weighted by atomic mass is 10.2. The number of nitrogens with zero attached hydrogens (tertiary/aromatic N) is 3. The van der Waals surface area contributed by atoms with Crippen LogP contribution in [0.25, 0.3) is 5.69 Å². The minimum Gasteiger partial charge on any atom is -0.323 e. The zero-order valence-electron chi connectivity index (χ0n) is 9.89. The van der Waals surface area contributed by atoms with Gasteiger partial charge in [-0.3, -0.25) is 0 Å². The topological polar surface area (TPSA) is 56.7 Å². The minimum atomic E-state index is -0.251. The highest BCUT2D eigenvalue weighted by Gasteiger charge is 2.09. The zero-order chi connectivity index (χ0) is 12.4. The summed E-state index contributed by atoms with van der Waals surface area (Å²) >= 11 is 0. The second-order valence-electron chi connectivity index (χ2n) is 4.04. The van der Waals surface area contributed by atoms with Crippen LogP contribution in [0, 0.1) is 12.7 Å². The van der Waals surface area contributed by atoms with Crippen molar-refractivity contribution in [1.29, 1.82) is 0 Å². The maximum absolute atomic E-state index is 13.4. The van der Waals surface area contributed by atoms with Gasteiger partial charge in [0.25, 0.3) is 0 Å². The molecule has 0 saturated carbocycles. The van der Waals surface area contributed by atoms with Gasteiger partial charge in [-0.1, -0.05) is 18.2 Å². The van der Waals surface area contributed by atoms with Gasteiger partial charge in [-0.25, -0.2) is 9.07 Å². The smallest absolute Gasteiger partial charge is 0.128 e. The largest absolute Gasteiger partial charge is 0.323 e. The number of halogens is 1. The molecule has 0 aliphatic heterocycles. The predicted octanol–water partition coefficient (Wildman–Crippen LogP) is 2.12. The first-order valence-corrected chi connectivity index (χ1v) is 5.56. The predicted molar refractivity (Wildman–Crippen MR) is 63.3 cm³/mol. The normalized spacial score (nSPS) is 12.7. The second kappa shape index (κ2) is 4.63. The molecular weight excluding hydrogens is 219 g/mol. The molecule has 0 radical (unpaired) electrons. The van der Waals surface area contributed by atoms with Crippen LogP contribution in [-0.2, 0) is 0 Å². The number of hydrogen-bond donors (Lipinski definition) is 1. The molecule has 0 bridgehead atoms. The average Bonchev–Trinajstić information content (AvgIpc) is 2.81. The Labute approximate surface area is 99.2 Å². The van der Waals surface area contributed by atoms with Crippen molar-refractivity contribution in [1.82, 2.24) is 15.0 Å². The number of aromatic nitrogens is 3. The van der Waals surface area contributed by atoms with Gasteiger partial charge in [0.2, 0.25) is 0 Å². The van der Waals surface area contributed by atoms with Crippen LogP contribution in [0.1, 0.15) is 30.6 Å². The monoisotopic (exact) mass is 234 g/mol. The molecule has 1 unspecified atom stereocenters. The van der Waals surface area contributed by atoms with Crippen LogP contribution in [0.2, 0.25) is 0 Å². The van der Waals surface area contributed by atoms with E-state index in [9.17, 15) is 4.39 Å². The van der Waals surface area contributed by atoms with Gasteiger partial charge in [0, 0.05) is 0 Å². The third-order valence-electron chi connectivity index (χ3n) is 2.75. The molecule has 0 saturated heterocycles. The summed E-state index contributed by atoms with van der Waals surface area (Å²) in [5.41, 5.74) is 7.82. The van der Waals surface area contributed by atoms with E-state index in [0.29, 0.717) is 16.9 Å². The van der Waals surface area contributed by atoms with Gasteiger partial charge in [0.05, 0.1) is 23.6 Å². The Hall–Kier alpha value is -1.75. The minimum absolute atomic E-state index is 0.126. The van der Waals surface area contributed by atoms with Gasteiger partial charge >= 0.3 is 0 Å². The van der Waals surface area contributed by atoms with E-state index >= 15 is 0 Å². The number of nitrogens with two attached hydrogens (primary N) is 1. The van der Waals surface area contributed by atoms with Crippen LogP contribution in [0.3, 0.4) is 0 Å². The zero-order valence-corrected chi connectivity index (χ0v) is 9.89. The molecule has 4 nitrogen and oxygen atoms in total. The van der Waals surface area contributed by atoms with Crippen molar-refractivity contribution < 1.29 is 4.39 Å². The Morgan fingerprint density at radius 2 is 2.24 bits per heavy atom. The summed E-state index contributed by atoms with van der Waals surface area (Å²) in [5, 5.41) is 7.93. The number of benzene rings is 1. The van der Waals surface area contributed by atoms with Gasteiger partial charge in [-0.05, 0) is 31.0 Å². The third-order valence-corrected chi connectivity index (χ3v) is 2.75. The maximum atomic E-state index is 13.4. The standard InChI is InChI=1S/C12H15FN4/c1-3-11(14)12-7-17(16-15-12)9-5-4-8(2)10(13)6-9/h4-7,11H,3,14H2,1-2H3. The fourth-order valence-electron chi connectivity index (χ4n) is 1.51. The van der Waals surface area contributed by atoms with Crippen molar-refractivity contribution in [3.8, 4) is 5.69 Å². The Morgan fingerprint density at radius 3 is 2.88 bits per heavy atom. The molecule has 1 heterocycles. The SMILES string of the molecule is CCC(N)c1cn(-c2ccc(C)c(F)c2)nn1. The van der Waals surface area contributed by atoms with Crippen LogP contribution in [0.5, 0.6) is 0 Å². The molecule has 1 atom stereocenters. The molecule has 2 rings (SSSR count). The van der Waals surface area contributed by atoms with Crippen LogP contribution < -0.4 is 5.73 Å². The Bertz CT molecular complexity index is 521. The van der Waals surface area contributed by atoms with E-state index in [1.165, 1.54) is 10.7 Å². The summed E-state index contributed by atoms with van der Waals surface area (Å²) in [5.74, 6) is -0.251. The highest BCUT2D eigenvalue weighted by atomic mass is 19.1. The summed E-state index contributed by atoms with van der Waals surface area (Å²) in [4.78, 5) is 0. The first-order chi connectivity index (χ1) is 8.11. The molecule has 0 aliphatic rings. The maximum Gasteiger partial charge on any atom is 0.128 e. The molecule has 2 aromatic rings. The van der Waals surface area contributed by atoms with Gasteiger partial charge in [-0.15, -0.1) is 5.10 Å². The quantitative estimate of drug-likeness (QED) is 0.885. The van der Waals surface area contributed by atoms with E-state index in [1.807, 2.05) is 6.92 Å². The molecule has 5 heteroatoms. The van der Waals surface area contributed by atoms with Crippen molar-refractivity contribution in [2.24, 2.45) is 5.73 Å². The highest BCUT2D eigenvalue weighted by Crippen LogP contribution is 2.15. The van der Waals surface area contributed by atoms with E-state index in [0.717, 1.165) is 6.42 Å². The van der Waals surface area contributed by atoms with Gasteiger partial charge in [0.15, 0.2) is 0 Å². The van der Waals surface area contributed by atoms with Crippen LogP contribution >= 0.6 is 0 Å². The number of hydrogen-bond acceptors (Lipinski definition) is 3. The molecule has 90 valence electrons. The molecule has 1 aromatic carbocycles. The fourth-order valence-corrected chi connectivity index (χ4v) is 1.51. The van der Waals surface area contributed by atoms with E-state index < -0.39 is 0 Å². The molecule has 0 fully saturated rings. The molecule has 2 N–H and O–H groups in total. The van der Waals surface area contributed by atoms with Crippen molar-refractivity contribution in [2.45, 2.75) is 26.3 Å². The lowest BCUT2D eigenvalue weighted by Crippen LogP contribution is -2.08. The number of aryl methyl sites for hydroxylation is 1. The van der Waals surface area contributed by atoms with E-state index in [-0.39, 0.29) is 11.9 Å². The van der Waals surface area contributed by atoms with Gasteiger partial charge < -0.3 is 5.73 Å². The number of rotatable bonds is 3. The first kappa shape index (κ1) is 11.7. The average molecular weight is 234 g/mol. The molecule has 0 aliphatic carbocycles. The lowest BCUT2D eigenvalue weighted by molar-refractivity contribution is 0.615. The Balaban J connectivity index is 2.33. The molecule has 0 spiro atoms. The van der Waals surface area contributed by atoms with Crippen LogP contribution in [0.4, 0.5) is 4.39 Å². The first-order valence-electron chi connectivity index (χ1n) is 5.56. The fraction of sp³-hybridized carbons (Fsp3) is 0.333. The van der Waals surface area contributed by atoms with E-state index in [4.69, 9.17) is 5.73 Å². The summed E-state index contributed by atoms with van der Waals surface area (Å²) in [7, 11) is 0. The van der Waals surface area contributed by atoms with Crippen LogP contribution in [0.15, 0.2) is 24.4 Å². The molecule has 0 amide bonds. The van der Waals surface area contributed by atoms with Gasteiger partial charge in [0.1, 0.15) is 5.82 Å². The lowest BCUT2D eigenvalue weighted by Gasteiger charge is -2.03. The Morgan fingerprint density at radius 1 is 1.47 bits per heavy atom. The summed E-state index contributed by atoms with van der Waals surface area (Å²) < 4.78 is 14.9. The van der Waals surface area contributed by atoms with Crippen molar-refractivity contribution >= 4 is 0 Å². The second-order valence-corrected chi connectivity index (χ2v) is 4.04. The summed E-state index contributed by atoms with van der Waals surface area (Å²) in [6, 6.07) is 4.82. The van der Waals surface area contributed by atoms with Crippen molar-refractivity contribution in [3.63, 3.8) is 0 Å². The summed E-state index contributed by atoms with van der Waals surface area (Å²) in [6.45, 7) is 3.70. The van der Waals surface area contributed by atoms with Crippen LogP contribution in [-0.4, -0.2) is 15.0 Å². The van der Waals surface area contributed by atoms with E-state index in [1.54, 1.807) is 25.3 Å². The molecule has 17 heavy (non-hydrogen) atoms. The van der Waals surface area contributed by atoms with Crippen molar-refractivity contribution in [2.75, 3.05) is 0 Å². The molecule has 1 aromatic heterocycles.